The molecular weight excluding hydrogens is 459 g/mol. The number of halogens is 2. The molecule has 0 aliphatic carbocycles. The van der Waals surface area contributed by atoms with Crippen LogP contribution in [0.15, 0.2) is 42.6 Å². The van der Waals surface area contributed by atoms with E-state index in [1.165, 1.54) is 6.07 Å². The molecule has 2 aliphatic heterocycles. The smallest absolute Gasteiger partial charge is 0.247 e. The van der Waals surface area contributed by atoms with E-state index in [2.05, 4.69) is 9.88 Å². The molecular formula is C24H24ClFN6O2. The highest BCUT2D eigenvalue weighted by atomic mass is 35.5. The maximum absolute atomic E-state index is 13.8. The molecule has 0 unspecified atom stereocenters. The lowest BCUT2D eigenvalue weighted by Crippen LogP contribution is -2.51. The molecule has 176 valence electrons. The second kappa shape index (κ2) is 9.52. The summed E-state index contributed by atoms with van der Waals surface area (Å²) in [7, 11) is 0. The summed E-state index contributed by atoms with van der Waals surface area (Å²) < 4.78 is 19.2. The van der Waals surface area contributed by atoms with E-state index >= 15 is 0 Å². The zero-order valence-electron chi connectivity index (χ0n) is 18.7. The van der Waals surface area contributed by atoms with Gasteiger partial charge in [-0.3, -0.25) is 9.69 Å². The lowest BCUT2D eigenvalue weighted by molar-refractivity contribution is -0.118. The Morgan fingerprint density at radius 1 is 1.03 bits per heavy atom. The zero-order valence-corrected chi connectivity index (χ0v) is 19.5. The number of carbonyl (C=O) groups excluding carboxylic acids is 1. The number of carbonyl (C=O) groups is 1. The van der Waals surface area contributed by atoms with Gasteiger partial charge >= 0.3 is 0 Å². The number of nitrogens with zero attached hydrogens (tertiary/aromatic N) is 6. The molecule has 2 aromatic heterocycles. The van der Waals surface area contributed by atoms with Crippen LogP contribution in [-0.4, -0.2) is 66.8 Å². The van der Waals surface area contributed by atoms with Crippen LogP contribution >= 0.6 is 11.6 Å². The number of benzene rings is 1. The number of morpholine rings is 1. The Morgan fingerprint density at radius 3 is 2.59 bits per heavy atom. The highest BCUT2D eigenvalue weighted by Gasteiger charge is 2.29. The number of pyridine rings is 1. The largest absolute Gasteiger partial charge is 0.378 e. The fraction of sp³-hybridized carbons (Fsp3) is 0.333. The van der Waals surface area contributed by atoms with Crippen molar-refractivity contribution < 1.29 is 13.9 Å². The van der Waals surface area contributed by atoms with Gasteiger partial charge in [0.25, 0.3) is 0 Å². The Hall–Kier alpha value is -3.30. The lowest BCUT2D eigenvalue weighted by atomic mass is 10.1. The van der Waals surface area contributed by atoms with Crippen LogP contribution in [0.1, 0.15) is 5.56 Å². The number of rotatable bonds is 4. The van der Waals surface area contributed by atoms with Crippen molar-refractivity contribution in [1.29, 1.82) is 0 Å². The van der Waals surface area contributed by atoms with E-state index in [0.29, 0.717) is 68.2 Å². The van der Waals surface area contributed by atoms with Crippen molar-refractivity contribution in [3.05, 3.63) is 59.0 Å². The van der Waals surface area contributed by atoms with Crippen LogP contribution in [0.3, 0.4) is 0 Å². The summed E-state index contributed by atoms with van der Waals surface area (Å²) in [6.07, 6.45) is 1.70. The summed E-state index contributed by atoms with van der Waals surface area (Å²) >= 11 is 6.03. The van der Waals surface area contributed by atoms with Crippen molar-refractivity contribution >= 4 is 35.1 Å². The van der Waals surface area contributed by atoms with Crippen molar-refractivity contribution in [3.8, 4) is 11.3 Å². The molecule has 10 heteroatoms. The first-order valence-electron chi connectivity index (χ1n) is 11.1. The Kier molecular flexibility index (Phi) is 6.30. The summed E-state index contributed by atoms with van der Waals surface area (Å²) in [4.78, 5) is 32.7. The molecule has 1 amide bonds. The summed E-state index contributed by atoms with van der Waals surface area (Å²) in [5, 5.41) is 0.0279. The first-order valence-corrected chi connectivity index (χ1v) is 11.5. The minimum absolute atomic E-state index is 0.0279. The van der Waals surface area contributed by atoms with Gasteiger partial charge < -0.3 is 14.5 Å². The second-order valence-electron chi connectivity index (χ2n) is 8.25. The number of piperazine rings is 1. The van der Waals surface area contributed by atoms with Gasteiger partial charge in [-0.05, 0) is 36.8 Å². The standard InChI is InChI=1S/C24H24ClFN6O2/c1-16-3-2-6-27-23(16)32-8-7-31(15-22(32)33)21-14-20(17-4-5-19(26)18(25)13-17)28-24(29-21)30-9-11-34-12-10-30/h2-6,13-14H,7-12,15H2,1H3. The minimum atomic E-state index is -0.486. The number of hydrogen-bond donors (Lipinski definition) is 0. The molecule has 3 aromatic rings. The summed E-state index contributed by atoms with van der Waals surface area (Å²) in [6, 6.07) is 10.1. The zero-order chi connectivity index (χ0) is 23.7. The first-order chi connectivity index (χ1) is 16.5. The van der Waals surface area contributed by atoms with Gasteiger partial charge in [-0.2, -0.15) is 4.98 Å². The van der Waals surface area contributed by atoms with E-state index in [9.17, 15) is 9.18 Å². The van der Waals surface area contributed by atoms with Crippen LogP contribution in [0.5, 0.6) is 0 Å². The maximum atomic E-state index is 13.8. The third-order valence-electron chi connectivity index (χ3n) is 5.99. The van der Waals surface area contributed by atoms with Crippen LogP contribution in [0.4, 0.5) is 22.0 Å². The number of amides is 1. The van der Waals surface area contributed by atoms with Crippen molar-refractivity contribution in [1.82, 2.24) is 15.0 Å². The van der Waals surface area contributed by atoms with E-state index < -0.39 is 5.82 Å². The van der Waals surface area contributed by atoms with Gasteiger partial charge in [-0.1, -0.05) is 17.7 Å². The number of ether oxygens (including phenoxy) is 1. The SMILES string of the molecule is Cc1cccnc1N1CCN(c2cc(-c3ccc(F)c(Cl)c3)nc(N3CCOCC3)n2)CC1=O. The molecule has 2 aliphatic rings. The molecule has 1 aromatic carbocycles. The van der Waals surface area contributed by atoms with Crippen LogP contribution in [-0.2, 0) is 9.53 Å². The van der Waals surface area contributed by atoms with E-state index in [4.69, 9.17) is 26.3 Å². The van der Waals surface area contributed by atoms with Gasteiger partial charge in [-0.15, -0.1) is 0 Å². The molecule has 0 radical (unpaired) electrons. The van der Waals surface area contributed by atoms with Gasteiger partial charge in [0.15, 0.2) is 0 Å². The Labute approximate surface area is 202 Å². The van der Waals surface area contributed by atoms with E-state index in [1.807, 2.05) is 30.0 Å². The average molecular weight is 483 g/mol. The molecule has 0 N–H and O–H groups in total. The van der Waals surface area contributed by atoms with Gasteiger partial charge in [0.2, 0.25) is 11.9 Å². The third kappa shape index (κ3) is 4.53. The number of aromatic nitrogens is 3. The fourth-order valence-corrected chi connectivity index (χ4v) is 4.33. The Morgan fingerprint density at radius 2 is 1.85 bits per heavy atom. The van der Waals surface area contributed by atoms with E-state index in [0.717, 1.165) is 5.56 Å². The number of anilines is 3. The quantitative estimate of drug-likeness (QED) is 0.564. The minimum Gasteiger partial charge on any atom is -0.378 e. The van der Waals surface area contributed by atoms with Crippen LogP contribution < -0.4 is 14.7 Å². The van der Waals surface area contributed by atoms with Crippen molar-refractivity contribution in [2.45, 2.75) is 6.92 Å². The molecule has 2 saturated heterocycles. The molecule has 34 heavy (non-hydrogen) atoms. The van der Waals surface area contributed by atoms with Crippen LogP contribution in [0, 0.1) is 12.7 Å². The van der Waals surface area contributed by atoms with Gasteiger partial charge in [-0.25, -0.2) is 14.4 Å². The average Bonchev–Trinajstić information content (AvgIpc) is 2.86. The predicted molar refractivity (Wildman–Crippen MR) is 129 cm³/mol. The van der Waals surface area contributed by atoms with Crippen molar-refractivity contribution in [3.63, 3.8) is 0 Å². The number of aryl methyl sites for hydroxylation is 1. The molecule has 0 saturated carbocycles. The van der Waals surface area contributed by atoms with Gasteiger partial charge in [0.1, 0.15) is 17.5 Å². The fourth-order valence-electron chi connectivity index (χ4n) is 4.14. The second-order valence-corrected chi connectivity index (χ2v) is 8.66. The van der Waals surface area contributed by atoms with Crippen LogP contribution in [0.2, 0.25) is 5.02 Å². The van der Waals surface area contributed by atoms with Crippen molar-refractivity contribution in [2.75, 3.05) is 60.6 Å². The van der Waals surface area contributed by atoms with E-state index in [-0.39, 0.29) is 17.5 Å². The highest BCUT2D eigenvalue weighted by molar-refractivity contribution is 6.31. The lowest BCUT2D eigenvalue weighted by Gasteiger charge is -2.35. The Bertz CT molecular complexity index is 1220. The van der Waals surface area contributed by atoms with Gasteiger partial charge in [0, 0.05) is 44.0 Å². The maximum Gasteiger partial charge on any atom is 0.247 e. The summed E-state index contributed by atoms with van der Waals surface area (Å²) in [6.45, 7) is 5.70. The highest BCUT2D eigenvalue weighted by Crippen LogP contribution is 2.29. The predicted octanol–water partition coefficient (Wildman–Crippen LogP) is 3.33. The summed E-state index contributed by atoms with van der Waals surface area (Å²) in [5.41, 5.74) is 2.25. The molecule has 5 rings (SSSR count). The third-order valence-corrected chi connectivity index (χ3v) is 6.28. The van der Waals surface area contributed by atoms with E-state index in [1.54, 1.807) is 23.2 Å². The molecule has 2 fully saturated rings. The monoisotopic (exact) mass is 482 g/mol. The van der Waals surface area contributed by atoms with Crippen LogP contribution in [0.25, 0.3) is 11.3 Å². The van der Waals surface area contributed by atoms with Gasteiger partial charge in [0.05, 0.1) is 30.5 Å². The molecule has 0 atom stereocenters. The first kappa shape index (κ1) is 22.5. The molecule has 8 nitrogen and oxygen atoms in total. The van der Waals surface area contributed by atoms with Crippen molar-refractivity contribution in [2.24, 2.45) is 0 Å². The normalized spacial score (nSPS) is 16.8. The molecule has 0 spiro atoms. The number of hydrogen-bond acceptors (Lipinski definition) is 7. The molecule has 4 heterocycles. The molecule has 0 bridgehead atoms. The summed E-state index contributed by atoms with van der Waals surface area (Å²) in [5.74, 6) is 1.33. The Balaban J connectivity index is 1.47. The topological polar surface area (TPSA) is 74.7 Å².